The Labute approximate surface area is 109 Å². The van der Waals surface area contributed by atoms with E-state index < -0.39 is 4.33 Å². The molecule has 0 bridgehead atoms. The van der Waals surface area contributed by atoms with Gasteiger partial charge in [0.1, 0.15) is 4.33 Å². The first-order valence-corrected chi connectivity index (χ1v) is 7.82. The quantitative estimate of drug-likeness (QED) is 0.527. The van der Waals surface area contributed by atoms with Gasteiger partial charge in [-0.3, -0.25) is 0 Å². The molecule has 0 saturated heterocycles. The average molecular weight is 261 g/mol. The minimum Gasteiger partial charge on any atom is -0.101 e. The minimum absolute atomic E-state index is 0.397. The van der Waals surface area contributed by atoms with Crippen molar-refractivity contribution in [2.75, 3.05) is 0 Å². The van der Waals surface area contributed by atoms with Crippen LogP contribution in [0.3, 0.4) is 0 Å². The summed E-state index contributed by atoms with van der Waals surface area (Å²) >= 11 is 13.1. The molecule has 0 radical (unpaired) electrons. The smallest absolute Gasteiger partial charge is 0.101 e. The topological polar surface area (TPSA) is 0 Å². The maximum atomic E-state index is 6.54. The first kappa shape index (κ1) is 11.7. The molecule has 0 aromatic carbocycles. The fraction of sp³-hybridized carbons (Fsp3) is 1.00. The molecule has 16 heavy (non-hydrogen) atoms. The maximum Gasteiger partial charge on any atom is 0.121 e. The van der Waals surface area contributed by atoms with Gasteiger partial charge in [0.05, 0.1) is 0 Å². The molecule has 4 atom stereocenters. The van der Waals surface area contributed by atoms with E-state index in [2.05, 4.69) is 0 Å². The molecule has 0 heterocycles. The van der Waals surface area contributed by atoms with Crippen LogP contribution >= 0.6 is 23.2 Å². The summed E-state index contributed by atoms with van der Waals surface area (Å²) < 4.78 is -0.397. The van der Waals surface area contributed by atoms with Gasteiger partial charge in [-0.1, -0.05) is 25.7 Å². The number of fused-ring (bicyclic) bond motifs is 3. The van der Waals surface area contributed by atoms with Gasteiger partial charge in [-0.2, -0.15) is 0 Å². The molecule has 3 rings (SSSR count). The maximum absolute atomic E-state index is 6.54. The van der Waals surface area contributed by atoms with Crippen molar-refractivity contribution in [3.05, 3.63) is 0 Å². The predicted octanol–water partition coefficient (Wildman–Crippen LogP) is 5.18. The molecule has 0 N–H and O–H groups in total. The van der Waals surface area contributed by atoms with Gasteiger partial charge in [-0.25, -0.2) is 0 Å². The van der Waals surface area contributed by atoms with E-state index in [0.29, 0.717) is 5.92 Å². The number of alkyl halides is 2. The molecule has 0 spiro atoms. The van der Waals surface area contributed by atoms with E-state index >= 15 is 0 Å². The molecule has 4 unspecified atom stereocenters. The lowest BCUT2D eigenvalue weighted by atomic mass is 9.57. The SMILES string of the molecule is ClC1(Cl)CCCC2C3CCCCC3CCC21. The molecule has 3 saturated carbocycles. The predicted molar refractivity (Wildman–Crippen MR) is 70.0 cm³/mol. The second-order valence-corrected chi connectivity index (χ2v) is 7.75. The molecule has 0 aliphatic heterocycles. The summed E-state index contributed by atoms with van der Waals surface area (Å²) in [7, 11) is 0. The Morgan fingerprint density at radius 2 is 1.50 bits per heavy atom. The van der Waals surface area contributed by atoms with Gasteiger partial charge in [0.2, 0.25) is 0 Å². The molecular weight excluding hydrogens is 239 g/mol. The molecule has 3 aliphatic carbocycles. The summed E-state index contributed by atoms with van der Waals surface area (Å²) in [5.74, 6) is 3.42. The van der Waals surface area contributed by atoms with E-state index in [0.717, 1.165) is 24.2 Å². The molecule has 3 fully saturated rings. The van der Waals surface area contributed by atoms with Crippen LogP contribution in [0.25, 0.3) is 0 Å². The van der Waals surface area contributed by atoms with Crippen LogP contribution < -0.4 is 0 Å². The van der Waals surface area contributed by atoms with Crippen molar-refractivity contribution in [3.8, 4) is 0 Å². The van der Waals surface area contributed by atoms with Crippen LogP contribution in [0, 0.1) is 23.7 Å². The number of halogens is 2. The van der Waals surface area contributed by atoms with Crippen molar-refractivity contribution in [2.24, 2.45) is 23.7 Å². The Kier molecular flexibility index (Phi) is 3.17. The van der Waals surface area contributed by atoms with E-state index in [4.69, 9.17) is 23.2 Å². The van der Waals surface area contributed by atoms with Gasteiger partial charge in [0.15, 0.2) is 0 Å². The molecule has 0 amide bonds. The summed E-state index contributed by atoms with van der Waals surface area (Å²) in [5.41, 5.74) is 0. The fourth-order valence-corrected chi connectivity index (χ4v) is 5.57. The van der Waals surface area contributed by atoms with Gasteiger partial charge in [-0.05, 0) is 55.8 Å². The highest BCUT2D eigenvalue weighted by molar-refractivity contribution is 6.48. The van der Waals surface area contributed by atoms with E-state index in [-0.39, 0.29) is 0 Å². The molecule has 0 nitrogen and oxygen atoms in total. The van der Waals surface area contributed by atoms with Crippen molar-refractivity contribution in [1.29, 1.82) is 0 Å². The zero-order valence-electron chi connectivity index (χ0n) is 9.93. The second-order valence-electron chi connectivity index (χ2n) is 6.21. The van der Waals surface area contributed by atoms with E-state index in [1.54, 1.807) is 0 Å². The standard InChI is InChI=1S/C14H22Cl2/c15-14(16)9-3-6-12-11-5-2-1-4-10(11)7-8-13(12)14/h10-13H,1-9H2. The Bertz CT molecular complexity index is 261. The average Bonchev–Trinajstić information content (AvgIpc) is 2.28. The highest BCUT2D eigenvalue weighted by Gasteiger charge is 2.49. The Hall–Kier alpha value is 0.580. The van der Waals surface area contributed by atoms with Gasteiger partial charge in [0.25, 0.3) is 0 Å². The minimum atomic E-state index is -0.397. The Morgan fingerprint density at radius 3 is 2.38 bits per heavy atom. The van der Waals surface area contributed by atoms with E-state index in [1.807, 2.05) is 0 Å². The first-order chi connectivity index (χ1) is 7.68. The highest BCUT2D eigenvalue weighted by atomic mass is 35.5. The van der Waals surface area contributed by atoms with Crippen molar-refractivity contribution >= 4 is 23.2 Å². The van der Waals surface area contributed by atoms with Crippen molar-refractivity contribution < 1.29 is 0 Å². The van der Waals surface area contributed by atoms with Crippen LogP contribution in [0.2, 0.25) is 0 Å². The van der Waals surface area contributed by atoms with Gasteiger partial charge < -0.3 is 0 Å². The summed E-state index contributed by atoms with van der Waals surface area (Å²) in [6, 6.07) is 0. The third-order valence-corrected chi connectivity index (χ3v) is 6.41. The van der Waals surface area contributed by atoms with E-state index in [9.17, 15) is 0 Å². The van der Waals surface area contributed by atoms with Crippen molar-refractivity contribution in [1.82, 2.24) is 0 Å². The largest absolute Gasteiger partial charge is 0.121 e. The number of hydrogen-bond donors (Lipinski definition) is 0. The molecular formula is C14H22Cl2. The zero-order valence-corrected chi connectivity index (χ0v) is 11.4. The molecule has 2 heteroatoms. The lowest BCUT2D eigenvalue weighted by molar-refractivity contribution is 0.0227. The summed E-state index contributed by atoms with van der Waals surface area (Å²) in [5, 5.41) is 0. The Morgan fingerprint density at radius 1 is 0.750 bits per heavy atom. The summed E-state index contributed by atoms with van der Waals surface area (Å²) in [4.78, 5) is 0. The van der Waals surface area contributed by atoms with Crippen molar-refractivity contribution in [3.63, 3.8) is 0 Å². The monoisotopic (exact) mass is 260 g/mol. The molecule has 92 valence electrons. The number of rotatable bonds is 0. The van der Waals surface area contributed by atoms with Crippen LogP contribution in [0.1, 0.15) is 57.8 Å². The fourth-order valence-electron chi connectivity index (χ4n) is 4.76. The van der Waals surface area contributed by atoms with Crippen LogP contribution in [-0.2, 0) is 0 Å². The molecule has 0 aromatic heterocycles. The van der Waals surface area contributed by atoms with Gasteiger partial charge in [0, 0.05) is 0 Å². The van der Waals surface area contributed by atoms with Crippen molar-refractivity contribution in [2.45, 2.75) is 62.1 Å². The molecule has 0 aromatic rings. The van der Waals surface area contributed by atoms with Crippen LogP contribution in [0.5, 0.6) is 0 Å². The number of hydrogen-bond acceptors (Lipinski definition) is 0. The van der Waals surface area contributed by atoms with Crippen LogP contribution in [0.4, 0.5) is 0 Å². The van der Waals surface area contributed by atoms with Crippen LogP contribution in [0.15, 0.2) is 0 Å². The third kappa shape index (κ3) is 1.90. The van der Waals surface area contributed by atoms with E-state index in [1.165, 1.54) is 51.4 Å². The summed E-state index contributed by atoms with van der Waals surface area (Å²) in [6.45, 7) is 0. The highest BCUT2D eigenvalue weighted by Crippen LogP contribution is 2.57. The van der Waals surface area contributed by atoms with Gasteiger partial charge in [-0.15, -0.1) is 23.2 Å². The Balaban J connectivity index is 1.81. The van der Waals surface area contributed by atoms with Gasteiger partial charge >= 0.3 is 0 Å². The first-order valence-electron chi connectivity index (χ1n) is 7.06. The third-order valence-electron chi connectivity index (χ3n) is 5.47. The van der Waals surface area contributed by atoms with Crippen LogP contribution in [-0.4, -0.2) is 4.33 Å². The second kappa shape index (κ2) is 4.35. The molecule has 3 aliphatic rings. The lowest BCUT2D eigenvalue weighted by Crippen LogP contribution is -2.46. The zero-order chi connectivity index (χ0) is 11.2. The summed E-state index contributed by atoms with van der Waals surface area (Å²) in [6.07, 6.45) is 12.2. The lowest BCUT2D eigenvalue weighted by Gasteiger charge is -2.51. The normalized spacial score (nSPS) is 46.9.